The third kappa shape index (κ3) is 6.24. The number of amides is 3. The number of aliphatic hydroxyl groups excluding tert-OH is 2. The average molecular weight is 675 g/mol. The number of nitrogens with two attached hydrogens (primary N) is 1. The van der Waals surface area contributed by atoms with E-state index in [0.29, 0.717) is 0 Å². The Morgan fingerprint density at radius 1 is 1.17 bits per heavy atom. The molecular formula is C32H39FN4O11. The number of carbonyl (C=O) groups excluding carboxylic acids is 6. The number of alkyl carbamates (subject to hydrolysis) is 1. The van der Waals surface area contributed by atoms with Crippen LogP contribution in [0.2, 0.25) is 0 Å². The summed E-state index contributed by atoms with van der Waals surface area (Å²) in [6.45, 7) is 6.09. The smallest absolute Gasteiger partial charge is 0.408 e. The standard InChI is InChI=1S/C32H39FN4O11/c1-12(38)17(36-30(46)48-31(2,3)4)7-8-19(39)35-18-11-16(33)14-9-13-10-15-23(37(5)6)26(42)22(29(34)45)28(44)32(15,47)27(43)20(13)25(41)21(14)24(18)40/h11,13,15,17,23,40-41,44,47H,7-10H2,1-6H3,(H2,34,45)(H,35,39)(H,36,46)/t13-,15-,17-,23-,32-/m0/s1. The van der Waals surface area contributed by atoms with E-state index >= 15 is 4.39 Å². The van der Waals surface area contributed by atoms with Gasteiger partial charge in [-0.3, -0.25) is 28.9 Å². The molecule has 0 saturated heterocycles. The van der Waals surface area contributed by atoms with E-state index in [2.05, 4.69) is 10.6 Å². The fourth-order valence-corrected chi connectivity index (χ4v) is 6.68. The predicted octanol–water partition coefficient (Wildman–Crippen LogP) is 1.30. The van der Waals surface area contributed by atoms with Crippen LogP contribution < -0.4 is 16.4 Å². The number of anilines is 1. The molecule has 0 unspecified atom stereocenters. The Bertz CT molecular complexity index is 1690. The van der Waals surface area contributed by atoms with Crippen LogP contribution in [0.15, 0.2) is 23.0 Å². The minimum atomic E-state index is -2.87. The fraction of sp³-hybridized carbons (Fsp3) is 0.500. The molecule has 1 fully saturated rings. The molecule has 1 saturated carbocycles. The van der Waals surface area contributed by atoms with E-state index in [1.807, 2.05) is 0 Å². The highest BCUT2D eigenvalue weighted by molar-refractivity contribution is 6.24. The van der Waals surface area contributed by atoms with E-state index in [0.717, 1.165) is 6.07 Å². The lowest BCUT2D eigenvalue weighted by atomic mass is 9.57. The van der Waals surface area contributed by atoms with E-state index in [-0.39, 0.29) is 31.2 Å². The first-order valence-corrected chi connectivity index (χ1v) is 15.1. The number of aliphatic hydroxyl groups is 3. The van der Waals surface area contributed by atoms with Gasteiger partial charge in [-0.15, -0.1) is 0 Å². The number of hydrogen-bond acceptors (Lipinski definition) is 12. The third-order valence-corrected chi connectivity index (χ3v) is 8.78. The number of benzene rings is 1. The second kappa shape index (κ2) is 12.6. The van der Waals surface area contributed by atoms with E-state index in [1.165, 1.54) is 25.9 Å². The van der Waals surface area contributed by atoms with Crippen molar-refractivity contribution in [2.24, 2.45) is 17.6 Å². The zero-order chi connectivity index (χ0) is 36.2. The molecule has 0 aliphatic heterocycles. The number of ether oxygens (including phenoxy) is 1. The van der Waals surface area contributed by atoms with E-state index < -0.39 is 116 Å². The molecule has 48 heavy (non-hydrogen) atoms. The number of phenols is 1. The molecule has 0 bridgehead atoms. The van der Waals surface area contributed by atoms with Crippen LogP contribution in [0.1, 0.15) is 58.1 Å². The van der Waals surface area contributed by atoms with Crippen molar-refractivity contribution >= 4 is 46.7 Å². The van der Waals surface area contributed by atoms with Gasteiger partial charge in [-0.2, -0.15) is 0 Å². The van der Waals surface area contributed by atoms with Gasteiger partial charge in [-0.05, 0) is 67.0 Å². The minimum Gasteiger partial charge on any atom is -0.508 e. The summed E-state index contributed by atoms with van der Waals surface area (Å²) in [5.74, 6) is -11.1. The first kappa shape index (κ1) is 36.0. The number of rotatable bonds is 8. The molecule has 3 aliphatic rings. The Morgan fingerprint density at radius 3 is 2.33 bits per heavy atom. The summed E-state index contributed by atoms with van der Waals surface area (Å²) >= 11 is 0. The average Bonchev–Trinajstić information content (AvgIpc) is 2.94. The molecule has 5 atom stereocenters. The van der Waals surface area contributed by atoms with Gasteiger partial charge >= 0.3 is 6.09 Å². The van der Waals surface area contributed by atoms with Crippen LogP contribution in [-0.4, -0.2) is 98.0 Å². The Kier molecular flexibility index (Phi) is 9.49. The van der Waals surface area contributed by atoms with Crippen LogP contribution in [-0.2, 0) is 35.1 Å². The SMILES string of the molecule is CC(=O)[C@H](CCC(=O)Nc1cc(F)c2c(c1O)C(O)=C1C(=O)[C@]3(O)C(O)=C(C(N)=O)C(=O)[C@@H](N(C)C)[C@@H]3C[C@@H]1C2)NC(=O)OC(C)(C)C. The molecule has 0 radical (unpaired) electrons. The van der Waals surface area contributed by atoms with Crippen molar-refractivity contribution in [2.75, 3.05) is 19.4 Å². The Morgan fingerprint density at radius 2 is 1.79 bits per heavy atom. The maximum absolute atomic E-state index is 15.6. The van der Waals surface area contributed by atoms with Crippen LogP contribution in [0.25, 0.3) is 5.76 Å². The Labute approximate surface area is 274 Å². The Hall–Kier alpha value is -4.83. The molecule has 0 spiro atoms. The first-order valence-electron chi connectivity index (χ1n) is 15.1. The highest BCUT2D eigenvalue weighted by Crippen LogP contribution is 2.53. The van der Waals surface area contributed by atoms with Crippen LogP contribution in [0.5, 0.6) is 5.75 Å². The van der Waals surface area contributed by atoms with Gasteiger partial charge in [0, 0.05) is 29.5 Å². The number of phenolic OH excluding ortho intramolecular Hbond substituents is 1. The van der Waals surface area contributed by atoms with Crippen molar-refractivity contribution in [3.05, 3.63) is 39.9 Å². The summed E-state index contributed by atoms with van der Waals surface area (Å²) < 4.78 is 20.7. The molecule has 1 aromatic rings. The number of halogens is 1. The molecule has 3 aliphatic carbocycles. The van der Waals surface area contributed by atoms with E-state index in [1.54, 1.807) is 20.8 Å². The summed E-state index contributed by atoms with van der Waals surface area (Å²) in [5.41, 5.74) is -1.10. The van der Waals surface area contributed by atoms with Crippen molar-refractivity contribution in [1.82, 2.24) is 10.2 Å². The second-order valence-corrected chi connectivity index (χ2v) is 13.5. The lowest BCUT2D eigenvalue weighted by Gasteiger charge is -2.50. The number of nitrogens with zero attached hydrogens (tertiary/aromatic N) is 1. The molecule has 1 aromatic carbocycles. The molecule has 4 rings (SSSR count). The van der Waals surface area contributed by atoms with Crippen LogP contribution in [0.4, 0.5) is 14.9 Å². The molecule has 0 aromatic heterocycles. The molecule has 16 heteroatoms. The number of primary amides is 1. The normalized spacial score (nSPS) is 24.4. The number of aromatic hydroxyl groups is 1. The zero-order valence-corrected chi connectivity index (χ0v) is 27.3. The van der Waals surface area contributed by atoms with Crippen LogP contribution in [0, 0.1) is 17.7 Å². The van der Waals surface area contributed by atoms with Gasteiger partial charge in [-0.1, -0.05) is 0 Å². The van der Waals surface area contributed by atoms with Gasteiger partial charge < -0.3 is 41.5 Å². The quantitative estimate of drug-likeness (QED) is 0.152. The van der Waals surface area contributed by atoms with E-state index in [4.69, 9.17) is 10.5 Å². The molecule has 3 amide bonds. The van der Waals surface area contributed by atoms with Gasteiger partial charge in [0.1, 0.15) is 28.5 Å². The molecule has 15 nitrogen and oxygen atoms in total. The van der Waals surface area contributed by atoms with Gasteiger partial charge in [0.2, 0.25) is 11.7 Å². The van der Waals surface area contributed by atoms with Gasteiger partial charge in [-0.25, -0.2) is 9.18 Å². The zero-order valence-electron chi connectivity index (χ0n) is 27.3. The topological polar surface area (TPSA) is 246 Å². The monoisotopic (exact) mass is 674 g/mol. The number of nitrogens with one attached hydrogen (secondary N) is 2. The van der Waals surface area contributed by atoms with Crippen molar-refractivity contribution in [3.63, 3.8) is 0 Å². The minimum absolute atomic E-state index is 0.180. The maximum Gasteiger partial charge on any atom is 0.408 e. The molecule has 260 valence electrons. The van der Waals surface area contributed by atoms with Crippen LogP contribution in [0.3, 0.4) is 0 Å². The highest BCUT2D eigenvalue weighted by Gasteiger charge is 2.64. The summed E-state index contributed by atoms with van der Waals surface area (Å²) in [7, 11) is 2.91. The summed E-state index contributed by atoms with van der Waals surface area (Å²) in [5, 5.41) is 49.7. The number of ketones is 3. The van der Waals surface area contributed by atoms with Crippen molar-refractivity contribution in [2.45, 2.75) is 76.7 Å². The lowest BCUT2D eigenvalue weighted by molar-refractivity contribution is -0.153. The fourth-order valence-electron chi connectivity index (χ4n) is 6.68. The maximum atomic E-state index is 15.6. The second-order valence-electron chi connectivity index (χ2n) is 13.5. The summed E-state index contributed by atoms with van der Waals surface area (Å²) in [6.07, 6.45) is -1.93. The number of carbonyl (C=O) groups is 6. The summed E-state index contributed by atoms with van der Waals surface area (Å²) in [4.78, 5) is 77.6. The summed E-state index contributed by atoms with van der Waals surface area (Å²) in [6, 6.07) is -1.58. The highest BCUT2D eigenvalue weighted by atomic mass is 19.1. The number of hydrogen-bond donors (Lipinski definition) is 7. The largest absolute Gasteiger partial charge is 0.508 e. The lowest BCUT2D eigenvalue weighted by Crippen LogP contribution is -2.65. The van der Waals surface area contributed by atoms with E-state index in [9.17, 15) is 49.2 Å². The number of fused-ring (bicyclic) bond motifs is 3. The van der Waals surface area contributed by atoms with Crippen molar-refractivity contribution in [1.29, 1.82) is 0 Å². The first-order chi connectivity index (χ1) is 22.1. The predicted molar refractivity (Wildman–Crippen MR) is 166 cm³/mol. The van der Waals surface area contributed by atoms with Gasteiger partial charge in [0.25, 0.3) is 5.91 Å². The number of likely N-dealkylation sites (N-methyl/N-ethyl adjacent to an activating group) is 1. The van der Waals surface area contributed by atoms with Gasteiger partial charge in [0.05, 0.1) is 23.3 Å². The van der Waals surface area contributed by atoms with Crippen molar-refractivity contribution in [3.8, 4) is 5.75 Å². The van der Waals surface area contributed by atoms with Crippen molar-refractivity contribution < 1.29 is 58.3 Å². The molecular weight excluding hydrogens is 635 g/mol. The van der Waals surface area contributed by atoms with Gasteiger partial charge in [0.15, 0.2) is 22.9 Å². The molecule has 0 heterocycles. The molecule has 8 N–H and O–H groups in total. The number of Topliss-reactive ketones (excluding diaryl/α,β-unsaturated/α-hetero) is 3. The third-order valence-electron chi connectivity index (χ3n) is 8.78. The van der Waals surface area contributed by atoms with Crippen LogP contribution >= 0.6 is 0 Å². The Balaban J connectivity index is 1.66.